The van der Waals surface area contributed by atoms with Gasteiger partial charge < -0.3 is 9.47 Å². The van der Waals surface area contributed by atoms with Gasteiger partial charge in [0.15, 0.2) is 6.29 Å². The average molecular weight is 309 g/mol. The minimum atomic E-state index is -0.309. The van der Waals surface area contributed by atoms with Gasteiger partial charge in [0.1, 0.15) is 0 Å². The molecule has 1 aliphatic rings. The predicted octanol–water partition coefficient (Wildman–Crippen LogP) is 4.50. The zero-order valence-electron chi connectivity index (χ0n) is 10.8. The Morgan fingerprint density at radius 3 is 2.20 bits per heavy atom. The largest absolute Gasteiger partial charge is 0.349 e. The lowest BCUT2D eigenvalue weighted by Crippen LogP contribution is -2.21. The molecule has 2 aromatic carbocycles. The summed E-state index contributed by atoms with van der Waals surface area (Å²) >= 11 is 12.3. The van der Waals surface area contributed by atoms with E-state index < -0.39 is 0 Å². The number of rotatable bonds is 3. The summed E-state index contributed by atoms with van der Waals surface area (Å²) in [6.45, 7) is 1.22. The second-order valence-corrected chi connectivity index (χ2v) is 5.50. The van der Waals surface area contributed by atoms with Crippen LogP contribution in [-0.2, 0) is 9.47 Å². The van der Waals surface area contributed by atoms with Crippen molar-refractivity contribution in [3.8, 4) is 0 Å². The standard InChI is InChI=1S/C16H14Cl2O2/c17-12-7-5-11(6-8-12)15(16-19-9-10-20-16)13-3-1-2-4-14(13)18/h1-8,15-16H,9-10H2. The number of hydrogen-bond donors (Lipinski definition) is 0. The van der Waals surface area contributed by atoms with Crippen LogP contribution in [0, 0.1) is 0 Å². The molecule has 1 fully saturated rings. The van der Waals surface area contributed by atoms with E-state index in [9.17, 15) is 0 Å². The van der Waals surface area contributed by atoms with E-state index in [0.29, 0.717) is 23.3 Å². The molecular weight excluding hydrogens is 295 g/mol. The Hall–Kier alpha value is -1.06. The van der Waals surface area contributed by atoms with Crippen molar-refractivity contribution < 1.29 is 9.47 Å². The molecule has 3 rings (SSSR count). The fourth-order valence-electron chi connectivity index (χ4n) is 2.45. The smallest absolute Gasteiger partial charge is 0.168 e. The number of benzene rings is 2. The first-order chi connectivity index (χ1) is 9.75. The van der Waals surface area contributed by atoms with Crippen molar-refractivity contribution in [2.45, 2.75) is 12.2 Å². The fraction of sp³-hybridized carbons (Fsp3) is 0.250. The predicted molar refractivity (Wildman–Crippen MR) is 80.4 cm³/mol. The van der Waals surface area contributed by atoms with Crippen LogP contribution in [0.25, 0.3) is 0 Å². The van der Waals surface area contributed by atoms with E-state index in [-0.39, 0.29) is 12.2 Å². The molecule has 1 unspecified atom stereocenters. The van der Waals surface area contributed by atoms with Crippen molar-refractivity contribution in [3.63, 3.8) is 0 Å². The normalized spacial score (nSPS) is 17.3. The van der Waals surface area contributed by atoms with E-state index in [4.69, 9.17) is 32.7 Å². The van der Waals surface area contributed by atoms with Crippen LogP contribution in [0.3, 0.4) is 0 Å². The molecule has 20 heavy (non-hydrogen) atoms. The second kappa shape index (κ2) is 6.15. The van der Waals surface area contributed by atoms with E-state index >= 15 is 0 Å². The van der Waals surface area contributed by atoms with Crippen LogP contribution in [0.4, 0.5) is 0 Å². The Balaban J connectivity index is 2.04. The van der Waals surface area contributed by atoms with Gasteiger partial charge in [-0.1, -0.05) is 53.5 Å². The highest BCUT2D eigenvalue weighted by atomic mass is 35.5. The molecule has 2 nitrogen and oxygen atoms in total. The summed E-state index contributed by atoms with van der Waals surface area (Å²) in [6.07, 6.45) is -0.309. The van der Waals surface area contributed by atoms with Gasteiger partial charge in [-0.25, -0.2) is 0 Å². The molecule has 0 bridgehead atoms. The highest BCUT2D eigenvalue weighted by molar-refractivity contribution is 6.31. The third-order valence-electron chi connectivity index (χ3n) is 3.39. The van der Waals surface area contributed by atoms with Gasteiger partial charge in [0.2, 0.25) is 0 Å². The Morgan fingerprint density at radius 1 is 0.900 bits per heavy atom. The van der Waals surface area contributed by atoms with Crippen LogP contribution in [0.15, 0.2) is 48.5 Å². The monoisotopic (exact) mass is 308 g/mol. The number of hydrogen-bond acceptors (Lipinski definition) is 2. The van der Waals surface area contributed by atoms with E-state index in [1.54, 1.807) is 0 Å². The molecule has 0 radical (unpaired) electrons. The molecule has 0 aromatic heterocycles. The molecule has 0 aliphatic carbocycles. The summed E-state index contributed by atoms with van der Waals surface area (Å²) in [7, 11) is 0. The third kappa shape index (κ3) is 2.84. The summed E-state index contributed by atoms with van der Waals surface area (Å²) in [5, 5.41) is 1.42. The van der Waals surface area contributed by atoms with E-state index in [0.717, 1.165) is 11.1 Å². The van der Waals surface area contributed by atoms with Gasteiger partial charge in [-0.15, -0.1) is 0 Å². The molecule has 0 spiro atoms. The van der Waals surface area contributed by atoms with Crippen LogP contribution < -0.4 is 0 Å². The maximum absolute atomic E-state index is 6.34. The van der Waals surface area contributed by atoms with Crippen molar-refractivity contribution in [2.24, 2.45) is 0 Å². The quantitative estimate of drug-likeness (QED) is 0.831. The van der Waals surface area contributed by atoms with Gasteiger partial charge in [-0.05, 0) is 29.3 Å². The van der Waals surface area contributed by atoms with Crippen molar-refractivity contribution in [3.05, 3.63) is 69.7 Å². The molecule has 0 N–H and O–H groups in total. The first-order valence-electron chi connectivity index (χ1n) is 6.49. The molecule has 104 valence electrons. The third-order valence-corrected chi connectivity index (χ3v) is 3.99. The Morgan fingerprint density at radius 2 is 1.55 bits per heavy atom. The summed E-state index contributed by atoms with van der Waals surface area (Å²) in [4.78, 5) is 0. The first kappa shape index (κ1) is 13.9. The second-order valence-electron chi connectivity index (χ2n) is 4.66. The Labute approximate surface area is 128 Å². The molecule has 0 saturated carbocycles. The van der Waals surface area contributed by atoms with Crippen LogP contribution in [0.1, 0.15) is 17.0 Å². The van der Waals surface area contributed by atoms with Gasteiger partial charge in [-0.2, -0.15) is 0 Å². The maximum Gasteiger partial charge on any atom is 0.168 e. The van der Waals surface area contributed by atoms with Crippen LogP contribution in [0.2, 0.25) is 10.0 Å². The van der Waals surface area contributed by atoms with E-state index in [1.165, 1.54) is 0 Å². The van der Waals surface area contributed by atoms with Gasteiger partial charge in [-0.3, -0.25) is 0 Å². The van der Waals surface area contributed by atoms with Crippen molar-refractivity contribution in [2.75, 3.05) is 13.2 Å². The minimum Gasteiger partial charge on any atom is -0.349 e. The van der Waals surface area contributed by atoms with Crippen molar-refractivity contribution in [1.82, 2.24) is 0 Å². The lowest BCUT2D eigenvalue weighted by Gasteiger charge is -2.24. The maximum atomic E-state index is 6.34. The van der Waals surface area contributed by atoms with Gasteiger partial charge in [0, 0.05) is 10.0 Å². The molecule has 1 aliphatic heterocycles. The van der Waals surface area contributed by atoms with Crippen molar-refractivity contribution >= 4 is 23.2 Å². The average Bonchev–Trinajstić information content (AvgIpc) is 2.97. The molecule has 1 saturated heterocycles. The lowest BCUT2D eigenvalue weighted by atomic mass is 9.90. The molecule has 2 aromatic rings. The summed E-state index contributed by atoms with van der Waals surface area (Å²) in [5.41, 5.74) is 2.08. The van der Waals surface area contributed by atoms with Crippen LogP contribution >= 0.6 is 23.2 Å². The number of ether oxygens (including phenoxy) is 2. The van der Waals surface area contributed by atoms with Gasteiger partial charge in [0.25, 0.3) is 0 Å². The Bertz CT molecular complexity index is 577. The van der Waals surface area contributed by atoms with Gasteiger partial charge in [0.05, 0.1) is 19.1 Å². The highest BCUT2D eigenvalue weighted by Crippen LogP contribution is 2.36. The fourth-order valence-corrected chi connectivity index (χ4v) is 2.83. The van der Waals surface area contributed by atoms with E-state index in [2.05, 4.69) is 0 Å². The lowest BCUT2D eigenvalue weighted by molar-refractivity contribution is -0.0523. The SMILES string of the molecule is Clc1ccc(C(c2ccccc2Cl)C2OCCO2)cc1. The Kier molecular flexibility index (Phi) is 4.27. The topological polar surface area (TPSA) is 18.5 Å². The van der Waals surface area contributed by atoms with Crippen molar-refractivity contribution in [1.29, 1.82) is 0 Å². The first-order valence-corrected chi connectivity index (χ1v) is 7.24. The highest BCUT2D eigenvalue weighted by Gasteiger charge is 2.31. The van der Waals surface area contributed by atoms with Gasteiger partial charge >= 0.3 is 0 Å². The zero-order valence-corrected chi connectivity index (χ0v) is 12.3. The van der Waals surface area contributed by atoms with Crippen LogP contribution in [0.5, 0.6) is 0 Å². The molecule has 1 atom stereocenters. The molecule has 1 heterocycles. The number of halogens is 2. The zero-order chi connectivity index (χ0) is 13.9. The summed E-state index contributed by atoms with van der Waals surface area (Å²) in [5.74, 6) is -0.0523. The summed E-state index contributed by atoms with van der Waals surface area (Å²) in [6, 6.07) is 15.5. The van der Waals surface area contributed by atoms with Crippen LogP contribution in [-0.4, -0.2) is 19.5 Å². The van der Waals surface area contributed by atoms with E-state index in [1.807, 2.05) is 48.5 Å². The molecule has 4 heteroatoms. The summed E-state index contributed by atoms with van der Waals surface area (Å²) < 4.78 is 11.4. The molecule has 0 amide bonds. The minimum absolute atomic E-state index is 0.0523. The molecular formula is C16H14Cl2O2.